The molecule has 74 valence electrons. The van der Waals surface area contributed by atoms with Crippen molar-refractivity contribution in [3.05, 3.63) is 26.2 Å². The number of anilines is 1. The number of hydrogen-bond donors (Lipinski definition) is 1. The second-order valence-electron chi connectivity index (χ2n) is 2.86. The van der Waals surface area contributed by atoms with E-state index in [-0.39, 0.29) is 0 Å². The largest absolute Gasteiger partial charge is 0.385 e. The van der Waals surface area contributed by atoms with Crippen LogP contribution < -0.4 is 5.32 Å². The summed E-state index contributed by atoms with van der Waals surface area (Å²) in [4.78, 5) is 0. The van der Waals surface area contributed by atoms with E-state index in [9.17, 15) is 0 Å². The molecule has 14 heavy (non-hydrogen) atoms. The molecule has 0 unspecified atom stereocenters. The van der Waals surface area contributed by atoms with Crippen LogP contribution in [0.2, 0.25) is 0 Å². The minimum atomic E-state index is 0.832. The van der Waals surface area contributed by atoms with Gasteiger partial charge in [0, 0.05) is 26.7 Å². The van der Waals surface area contributed by atoms with Crippen LogP contribution in [0.25, 0.3) is 0 Å². The SMILES string of the molecule is C#CCCCNc1ccc(I)c(Br)c1. The molecule has 1 aromatic carbocycles. The van der Waals surface area contributed by atoms with Gasteiger partial charge in [0.1, 0.15) is 0 Å². The zero-order valence-electron chi connectivity index (χ0n) is 7.69. The van der Waals surface area contributed by atoms with Crippen molar-refractivity contribution in [2.45, 2.75) is 12.8 Å². The van der Waals surface area contributed by atoms with Crippen LogP contribution in [0.1, 0.15) is 12.8 Å². The lowest BCUT2D eigenvalue weighted by atomic mass is 10.3. The minimum absolute atomic E-state index is 0.832. The molecule has 1 nitrogen and oxygen atoms in total. The summed E-state index contributed by atoms with van der Waals surface area (Å²) >= 11 is 5.78. The van der Waals surface area contributed by atoms with Gasteiger partial charge in [-0.25, -0.2) is 0 Å². The van der Waals surface area contributed by atoms with Crippen molar-refractivity contribution < 1.29 is 0 Å². The Morgan fingerprint density at radius 2 is 2.29 bits per heavy atom. The Morgan fingerprint density at radius 3 is 2.93 bits per heavy atom. The summed E-state index contributed by atoms with van der Waals surface area (Å²) in [6.07, 6.45) is 7.01. The molecule has 0 heterocycles. The van der Waals surface area contributed by atoms with E-state index >= 15 is 0 Å². The lowest BCUT2D eigenvalue weighted by molar-refractivity contribution is 0.907. The first-order chi connectivity index (χ1) is 6.74. The van der Waals surface area contributed by atoms with Crippen LogP contribution in [-0.4, -0.2) is 6.54 Å². The van der Waals surface area contributed by atoms with Crippen LogP contribution in [0.15, 0.2) is 22.7 Å². The van der Waals surface area contributed by atoms with Gasteiger partial charge >= 0.3 is 0 Å². The van der Waals surface area contributed by atoms with Crippen LogP contribution in [0.4, 0.5) is 5.69 Å². The average molecular weight is 364 g/mol. The molecule has 0 atom stereocenters. The standard InChI is InChI=1S/C11H11BrIN/c1-2-3-4-7-14-9-5-6-11(13)10(12)8-9/h1,5-6,8,14H,3-4,7H2. The maximum atomic E-state index is 5.17. The van der Waals surface area contributed by atoms with E-state index in [1.807, 2.05) is 0 Å². The fourth-order valence-corrected chi connectivity index (χ4v) is 1.74. The molecule has 0 fully saturated rings. The predicted octanol–water partition coefficient (Wildman–Crippen LogP) is 3.88. The number of terminal acetylenes is 1. The monoisotopic (exact) mass is 363 g/mol. The first kappa shape index (κ1) is 11.9. The molecular formula is C11H11BrIN. The highest BCUT2D eigenvalue weighted by molar-refractivity contribution is 14.1. The zero-order chi connectivity index (χ0) is 10.4. The molecule has 0 spiro atoms. The molecule has 1 N–H and O–H groups in total. The maximum absolute atomic E-state index is 5.17. The molecule has 0 saturated heterocycles. The van der Waals surface area contributed by atoms with Crippen molar-refractivity contribution >= 4 is 44.2 Å². The molecular weight excluding hydrogens is 353 g/mol. The molecule has 0 aliphatic carbocycles. The van der Waals surface area contributed by atoms with Gasteiger partial charge in [-0.05, 0) is 63.1 Å². The third-order valence-corrected chi connectivity index (χ3v) is 4.08. The topological polar surface area (TPSA) is 12.0 Å². The summed E-state index contributed by atoms with van der Waals surface area (Å²) in [7, 11) is 0. The van der Waals surface area contributed by atoms with Crippen molar-refractivity contribution in [1.29, 1.82) is 0 Å². The van der Waals surface area contributed by atoms with Crippen LogP contribution in [-0.2, 0) is 0 Å². The summed E-state index contributed by atoms with van der Waals surface area (Å²) in [5.41, 5.74) is 1.13. The summed E-state index contributed by atoms with van der Waals surface area (Å²) in [5, 5.41) is 3.32. The number of benzene rings is 1. The Bertz CT molecular complexity index is 344. The van der Waals surface area contributed by atoms with Crippen LogP contribution >= 0.6 is 38.5 Å². The Morgan fingerprint density at radius 1 is 1.50 bits per heavy atom. The number of hydrogen-bond acceptors (Lipinski definition) is 1. The fraction of sp³-hybridized carbons (Fsp3) is 0.273. The third kappa shape index (κ3) is 3.89. The van der Waals surface area contributed by atoms with Gasteiger partial charge in [0.2, 0.25) is 0 Å². The van der Waals surface area contributed by atoms with Gasteiger partial charge in [0.25, 0.3) is 0 Å². The number of rotatable bonds is 4. The molecule has 0 amide bonds. The summed E-state index contributed by atoms with van der Waals surface area (Å²) in [6, 6.07) is 6.23. The van der Waals surface area contributed by atoms with Gasteiger partial charge in [0.15, 0.2) is 0 Å². The van der Waals surface area contributed by atoms with Gasteiger partial charge in [-0.3, -0.25) is 0 Å². The Balaban J connectivity index is 2.44. The lowest BCUT2D eigenvalue weighted by Gasteiger charge is -2.06. The molecule has 0 aromatic heterocycles. The van der Waals surface area contributed by atoms with E-state index in [4.69, 9.17) is 6.42 Å². The van der Waals surface area contributed by atoms with Gasteiger partial charge in [-0.1, -0.05) is 0 Å². The van der Waals surface area contributed by atoms with E-state index in [2.05, 4.69) is 68.0 Å². The van der Waals surface area contributed by atoms with Crippen LogP contribution in [0.5, 0.6) is 0 Å². The third-order valence-electron chi connectivity index (χ3n) is 1.75. The Kier molecular flexibility index (Phi) is 5.34. The Labute approximate surface area is 107 Å². The van der Waals surface area contributed by atoms with E-state index in [1.165, 1.54) is 3.57 Å². The first-order valence-corrected chi connectivity index (χ1v) is 6.23. The highest BCUT2D eigenvalue weighted by atomic mass is 127. The lowest BCUT2D eigenvalue weighted by Crippen LogP contribution is -2.00. The molecule has 0 radical (unpaired) electrons. The first-order valence-electron chi connectivity index (χ1n) is 4.36. The highest BCUT2D eigenvalue weighted by Gasteiger charge is 1.97. The summed E-state index contributed by atoms with van der Waals surface area (Å²) < 4.78 is 2.34. The highest BCUT2D eigenvalue weighted by Crippen LogP contribution is 2.22. The van der Waals surface area contributed by atoms with Crippen LogP contribution in [0.3, 0.4) is 0 Å². The second kappa shape index (κ2) is 6.31. The molecule has 0 bridgehead atoms. The molecule has 0 aliphatic heterocycles. The van der Waals surface area contributed by atoms with E-state index in [1.54, 1.807) is 0 Å². The number of unbranched alkanes of at least 4 members (excludes halogenated alkanes) is 1. The van der Waals surface area contributed by atoms with Gasteiger partial charge in [-0.15, -0.1) is 12.3 Å². The van der Waals surface area contributed by atoms with Crippen molar-refractivity contribution in [3.8, 4) is 12.3 Å². The predicted molar refractivity (Wildman–Crippen MR) is 73.4 cm³/mol. The smallest absolute Gasteiger partial charge is 0.0352 e. The molecule has 1 aromatic rings. The van der Waals surface area contributed by atoms with Gasteiger partial charge in [0.05, 0.1) is 0 Å². The van der Waals surface area contributed by atoms with Crippen molar-refractivity contribution in [1.82, 2.24) is 0 Å². The van der Waals surface area contributed by atoms with Crippen molar-refractivity contribution in [3.63, 3.8) is 0 Å². The average Bonchev–Trinajstić information content (AvgIpc) is 2.18. The fourth-order valence-electron chi connectivity index (χ4n) is 1.03. The summed E-state index contributed by atoms with van der Waals surface area (Å²) in [5.74, 6) is 2.62. The normalized spacial score (nSPS) is 9.50. The second-order valence-corrected chi connectivity index (χ2v) is 4.88. The minimum Gasteiger partial charge on any atom is -0.385 e. The van der Waals surface area contributed by atoms with E-state index < -0.39 is 0 Å². The van der Waals surface area contributed by atoms with E-state index in [0.717, 1.165) is 29.5 Å². The van der Waals surface area contributed by atoms with Crippen molar-refractivity contribution in [2.24, 2.45) is 0 Å². The molecule has 1 rings (SSSR count). The molecule has 3 heteroatoms. The van der Waals surface area contributed by atoms with Gasteiger partial charge < -0.3 is 5.32 Å². The summed E-state index contributed by atoms with van der Waals surface area (Å²) in [6.45, 7) is 0.928. The quantitative estimate of drug-likeness (QED) is 0.486. The maximum Gasteiger partial charge on any atom is 0.0352 e. The Hall–Kier alpha value is -0.210. The molecule has 0 aliphatic rings. The number of nitrogens with one attached hydrogen (secondary N) is 1. The zero-order valence-corrected chi connectivity index (χ0v) is 11.4. The van der Waals surface area contributed by atoms with Crippen LogP contribution in [0, 0.1) is 15.9 Å². The number of halogens is 2. The van der Waals surface area contributed by atoms with E-state index in [0.29, 0.717) is 0 Å². The molecule has 0 saturated carbocycles. The van der Waals surface area contributed by atoms with Crippen molar-refractivity contribution in [2.75, 3.05) is 11.9 Å². The van der Waals surface area contributed by atoms with Gasteiger partial charge in [-0.2, -0.15) is 0 Å².